The highest BCUT2D eigenvalue weighted by Crippen LogP contribution is 1.46. The Morgan fingerprint density at radius 2 is 2.14 bits per heavy atom. The van der Waals surface area contributed by atoms with Crippen LogP contribution < -0.4 is 0 Å². The van der Waals surface area contributed by atoms with Crippen LogP contribution in [0.2, 0.25) is 0 Å². The van der Waals surface area contributed by atoms with E-state index < -0.39 is 0 Å². The van der Waals surface area contributed by atoms with Crippen molar-refractivity contribution in [2.45, 2.75) is 6.92 Å². The van der Waals surface area contributed by atoms with Gasteiger partial charge in [0.1, 0.15) is 0 Å². The molecular weight excluding hydrogens is 88.1 g/mol. The van der Waals surface area contributed by atoms with E-state index in [4.69, 9.17) is 0 Å². The van der Waals surface area contributed by atoms with Crippen molar-refractivity contribution in [2.75, 3.05) is 0 Å². The monoisotopic (exact) mass is 92.0 g/mol. The van der Waals surface area contributed by atoms with Crippen LogP contribution in [0.4, 0.5) is 0 Å². The average molecular weight is 92.1 g/mol. The van der Waals surface area contributed by atoms with Gasteiger partial charge >= 0.3 is 0 Å². The first-order chi connectivity index (χ1) is 3.41. The highest BCUT2D eigenvalue weighted by atomic mass is 16.1. The fraction of sp³-hybridized carbons (Fsp3) is 0.167. The average Bonchev–Trinajstić information content (AvgIpc) is 1.69. The summed E-state index contributed by atoms with van der Waals surface area (Å²) in [7, 11) is 0. The zero-order valence-corrected chi connectivity index (χ0v) is 3.99. The van der Waals surface area contributed by atoms with E-state index >= 15 is 0 Å². The third-order valence-electron chi connectivity index (χ3n) is 0.319. The summed E-state index contributed by atoms with van der Waals surface area (Å²) in [6, 6.07) is 0. The van der Waals surface area contributed by atoms with Gasteiger partial charge in [0.25, 0.3) is 0 Å². The van der Waals surface area contributed by atoms with E-state index in [0.717, 1.165) is 0 Å². The zero-order valence-electron chi connectivity index (χ0n) is 3.99. The lowest BCUT2D eigenvalue weighted by atomic mass is 10.6. The van der Waals surface area contributed by atoms with Crippen molar-refractivity contribution >= 4 is 6.29 Å². The molecule has 0 rings (SSSR count). The second-order valence-electron chi connectivity index (χ2n) is 0.762. The standard InChI is InChI=1S/C6H4O/c1-2-3-4-5-6-7/h6H,1H3. The van der Waals surface area contributed by atoms with Crippen molar-refractivity contribution in [1.82, 2.24) is 0 Å². The number of hydrogen-bond acceptors (Lipinski definition) is 1. The molecule has 0 aromatic carbocycles. The molecule has 0 fully saturated rings. The largest absolute Gasteiger partial charge is 0.289 e. The van der Waals surface area contributed by atoms with Gasteiger partial charge in [-0.15, -0.1) is 0 Å². The molecule has 0 radical (unpaired) electrons. The summed E-state index contributed by atoms with van der Waals surface area (Å²) in [4.78, 5) is 9.44. The summed E-state index contributed by atoms with van der Waals surface area (Å²) in [6.45, 7) is 1.67. The van der Waals surface area contributed by atoms with E-state index in [9.17, 15) is 4.79 Å². The lowest BCUT2D eigenvalue weighted by Crippen LogP contribution is -1.55. The Morgan fingerprint density at radius 1 is 1.43 bits per heavy atom. The first-order valence-electron chi connectivity index (χ1n) is 1.77. The highest BCUT2D eigenvalue weighted by molar-refractivity contribution is 5.73. The molecule has 0 aromatic heterocycles. The fourth-order valence-corrected chi connectivity index (χ4v) is 0.128. The van der Waals surface area contributed by atoms with Gasteiger partial charge in [0.05, 0.1) is 0 Å². The van der Waals surface area contributed by atoms with Gasteiger partial charge in [0, 0.05) is 0 Å². The molecule has 34 valence electrons. The van der Waals surface area contributed by atoms with Crippen LogP contribution in [0.3, 0.4) is 0 Å². The van der Waals surface area contributed by atoms with E-state index in [1.165, 1.54) is 0 Å². The smallest absolute Gasteiger partial charge is 0.193 e. The van der Waals surface area contributed by atoms with Crippen LogP contribution >= 0.6 is 0 Å². The van der Waals surface area contributed by atoms with Gasteiger partial charge in [-0.05, 0) is 24.7 Å². The Kier molecular flexibility index (Phi) is 3.96. The van der Waals surface area contributed by atoms with Crippen LogP contribution in [0.25, 0.3) is 0 Å². The quantitative estimate of drug-likeness (QED) is 0.308. The van der Waals surface area contributed by atoms with Gasteiger partial charge in [-0.3, -0.25) is 4.79 Å². The number of carbonyl (C=O) groups excluding carboxylic acids is 1. The molecule has 0 aliphatic heterocycles. The molecule has 0 aliphatic carbocycles. The van der Waals surface area contributed by atoms with Crippen molar-refractivity contribution in [3.05, 3.63) is 0 Å². The Labute approximate surface area is 42.7 Å². The van der Waals surface area contributed by atoms with E-state index in [-0.39, 0.29) is 0 Å². The Bertz CT molecular complexity index is 158. The van der Waals surface area contributed by atoms with Crippen molar-refractivity contribution in [3.63, 3.8) is 0 Å². The Morgan fingerprint density at radius 3 is 2.57 bits per heavy atom. The minimum absolute atomic E-state index is 0.518. The SMILES string of the molecule is CC#CC#CC=O. The molecular formula is C6H4O. The topological polar surface area (TPSA) is 17.1 Å². The van der Waals surface area contributed by atoms with Crippen LogP contribution in [-0.2, 0) is 4.79 Å². The molecule has 0 saturated carbocycles. The van der Waals surface area contributed by atoms with Gasteiger partial charge in [0.2, 0.25) is 0 Å². The van der Waals surface area contributed by atoms with E-state index in [0.29, 0.717) is 6.29 Å². The molecule has 0 aromatic rings. The van der Waals surface area contributed by atoms with E-state index in [1.54, 1.807) is 6.92 Å². The molecule has 0 bridgehead atoms. The molecule has 1 heteroatoms. The lowest BCUT2D eigenvalue weighted by molar-refractivity contribution is -0.103. The van der Waals surface area contributed by atoms with Gasteiger partial charge in [-0.25, -0.2) is 0 Å². The molecule has 0 atom stereocenters. The first kappa shape index (κ1) is 5.79. The molecule has 0 unspecified atom stereocenters. The molecule has 7 heavy (non-hydrogen) atoms. The fourth-order valence-electron chi connectivity index (χ4n) is 0.128. The maximum absolute atomic E-state index is 9.44. The predicted molar refractivity (Wildman–Crippen MR) is 27.3 cm³/mol. The van der Waals surface area contributed by atoms with Crippen LogP contribution in [0, 0.1) is 23.7 Å². The van der Waals surface area contributed by atoms with E-state index in [2.05, 4.69) is 23.7 Å². The van der Waals surface area contributed by atoms with Crippen LogP contribution in [-0.4, -0.2) is 6.29 Å². The second kappa shape index (κ2) is 4.79. The Hall–Kier alpha value is -1.21. The summed E-state index contributed by atoms with van der Waals surface area (Å²) >= 11 is 0. The summed E-state index contributed by atoms with van der Waals surface area (Å²) < 4.78 is 0. The van der Waals surface area contributed by atoms with Gasteiger partial charge in [-0.1, -0.05) is 5.92 Å². The minimum atomic E-state index is 0.518. The minimum Gasteiger partial charge on any atom is -0.289 e. The van der Waals surface area contributed by atoms with Crippen molar-refractivity contribution in [1.29, 1.82) is 0 Å². The molecule has 1 nitrogen and oxygen atoms in total. The normalized spacial score (nSPS) is 4.14. The van der Waals surface area contributed by atoms with Crippen LogP contribution in [0.15, 0.2) is 0 Å². The van der Waals surface area contributed by atoms with Gasteiger partial charge in [-0.2, -0.15) is 0 Å². The molecule has 0 spiro atoms. The first-order valence-corrected chi connectivity index (χ1v) is 1.77. The molecule has 0 aliphatic rings. The van der Waals surface area contributed by atoms with Crippen LogP contribution in [0.5, 0.6) is 0 Å². The number of aldehydes is 1. The molecule has 0 N–H and O–H groups in total. The van der Waals surface area contributed by atoms with Gasteiger partial charge in [0.15, 0.2) is 6.29 Å². The maximum atomic E-state index is 9.44. The third-order valence-corrected chi connectivity index (χ3v) is 0.319. The third kappa shape index (κ3) is 4.79. The zero-order chi connectivity index (χ0) is 5.54. The van der Waals surface area contributed by atoms with Gasteiger partial charge < -0.3 is 0 Å². The van der Waals surface area contributed by atoms with Crippen molar-refractivity contribution in [3.8, 4) is 23.7 Å². The molecule has 0 amide bonds. The maximum Gasteiger partial charge on any atom is 0.193 e. The predicted octanol–water partition coefficient (Wildman–Crippen LogP) is 0.212. The molecule has 0 saturated heterocycles. The highest BCUT2D eigenvalue weighted by Gasteiger charge is 1.50. The molecule has 0 heterocycles. The van der Waals surface area contributed by atoms with E-state index in [1.807, 2.05) is 0 Å². The summed E-state index contributed by atoms with van der Waals surface area (Å²) in [5, 5.41) is 0. The summed E-state index contributed by atoms with van der Waals surface area (Å²) in [6.07, 6.45) is 0.518. The number of carbonyl (C=O) groups is 1. The van der Waals surface area contributed by atoms with Crippen molar-refractivity contribution < 1.29 is 4.79 Å². The van der Waals surface area contributed by atoms with Crippen LogP contribution in [0.1, 0.15) is 6.92 Å². The number of rotatable bonds is 0. The summed E-state index contributed by atoms with van der Waals surface area (Å²) in [5.41, 5.74) is 0. The number of hydrogen-bond donors (Lipinski definition) is 0. The lowest BCUT2D eigenvalue weighted by Gasteiger charge is -1.49. The van der Waals surface area contributed by atoms with Crippen molar-refractivity contribution in [2.24, 2.45) is 0 Å². The Balaban J connectivity index is 3.60. The summed E-state index contributed by atoms with van der Waals surface area (Å²) in [5.74, 6) is 9.38. The second-order valence-corrected chi connectivity index (χ2v) is 0.762.